The maximum atomic E-state index is 12.8. The van der Waals surface area contributed by atoms with Gasteiger partial charge in [0.05, 0.1) is 13.2 Å². The van der Waals surface area contributed by atoms with Crippen molar-refractivity contribution in [3.05, 3.63) is 64.7 Å². The quantitative estimate of drug-likeness (QED) is 0.837. The van der Waals surface area contributed by atoms with Crippen LogP contribution in [0.4, 0.5) is 10.5 Å². The van der Waals surface area contributed by atoms with Gasteiger partial charge in [-0.1, -0.05) is 41.9 Å². The Morgan fingerprint density at radius 1 is 1.07 bits per heavy atom. The van der Waals surface area contributed by atoms with Crippen LogP contribution in [-0.2, 0) is 11.3 Å². The lowest BCUT2D eigenvalue weighted by Crippen LogP contribution is -2.47. The molecule has 2 aromatic carbocycles. The van der Waals surface area contributed by atoms with Crippen molar-refractivity contribution in [1.29, 1.82) is 0 Å². The summed E-state index contributed by atoms with van der Waals surface area (Å²) in [7, 11) is 0. The molecule has 2 fully saturated rings. The van der Waals surface area contributed by atoms with E-state index in [0.717, 1.165) is 18.7 Å². The molecule has 2 amide bonds. The number of para-hydroxylation sites is 1. The second kappa shape index (κ2) is 8.84. The Labute approximate surface area is 171 Å². The fraction of sp³-hybridized carbons (Fsp3) is 0.409. The van der Waals surface area contributed by atoms with Gasteiger partial charge in [0.25, 0.3) is 0 Å². The van der Waals surface area contributed by atoms with Gasteiger partial charge in [-0.3, -0.25) is 0 Å². The second-order valence-corrected chi connectivity index (χ2v) is 7.78. The molecule has 148 valence electrons. The highest BCUT2D eigenvalue weighted by Gasteiger charge is 2.25. The van der Waals surface area contributed by atoms with E-state index in [-0.39, 0.29) is 12.1 Å². The predicted molar refractivity (Wildman–Crippen MR) is 112 cm³/mol. The molecule has 1 atom stereocenters. The lowest BCUT2D eigenvalue weighted by Gasteiger charge is -2.33. The van der Waals surface area contributed by atoms with Crippen LogP contribution in [0.2, 0.25) is 5.02 Å². The summed E-state index contributed by atoms with van der Waals surface area (Å²) in [6, 6.07) is 15.9. The number of nitrogens with one attached hydrogen (secondary N) is 1. The highest BCUT2D eigenvalue weighted by molar-refractivity contribution is 6.30. The maximum absolute atomic E-state index is 12.8. The van der Waals surface area contributed by atoms with Crippen molar-refractivity contribution >= 4 is 23.3 Å². The van der Waals surface area contributed by atoms with Gasteiger partial charge in [-0.2, -0.15) is 0 Å². The number of morpholine rings is 1. The Morgan fingerprint density at radius 3 is 2.61 bits per heavy atom. The molecule has 0 bridgehead atoms. The van der Waals surface area contributed by atoms with E-state index >= 15 is 0 Å². The summed E-state index contributed by atoms with van der Waals surface area (Å²) in [6.07, 6.45) is 2.36. The molecule has 0 aliphatic carbocycles. The van der Waals surface area contributed by atoms with Crippen LogP contribution >= 0.6 is 11.6 Å². The molecule has 28 heavy (non-hydrogen) atoms. The minimum atomic E-state index is -0.117. The summed E-state index contributed by atoms with van der Waals surface area (Å²) in [5.74, 6) is 0. The van der Waals surface area contributed by atoms with Crippen molar-refractivity contribution in [3.63, 3.8) is 0 Å². The molecule has 6 heteroatoms. The molecule has 1 N–H and O–H groups in total. The third-order valence-electron chi connectivity index (χ3n) is 5.46. The maximum Gasteiger partial charge on any atom is 0.317 e. The molecule has 0 radical (unpaired) electrons. The van der Waals surface area contributed by atoms with Crippen LogP contribution < -0.4 is 10.2 Å². The number of amides is 2. The molecule has 5 nitrogen and oxygen atoms in total. The first-order valence-corrected chi connectivity index (χ1v) is 10.3. The number of benzene rings is 2. The number of rotatable bonds is 4. The molecule has 2 aliphatic heterocycles. The molecular weight excluding hydrogens is 374 g/mol. The molecule has 0 aromatic heterocycles. The zero-order valence-corrected chi connectivity index (χ0v) is 16.7. The van der Waals surface area contributed by atoms with Crippen LogP contribution in [0.1, 0.15) is 30.1 Å². The summed E-state index contributed by atoms with van der Waals surface area (Å²) < 4.78 is 5.86. The van der Waals surface area contributed by atoms with Crippen molar-refractivity contribution in [2.24, 2.45) is 0 Å². The van der Waals surface area contributed by atoms with E-state index in [9.17, 15) is 4.79 Å². The van der Waals surface area contributed by atoms with Crippen molar-refractivity contribution in [2.45, 2.75) is 25.5 Å². The zero-order valence-electron chi connectivity index (χ0n) is 15.9. The Kier molecular flexibility index (Phi) is 6.03. The monoisotopic (exact) mass is 399 g/mol. The highest BCUT2D eigenvalue weighted by atomic mass is 35.5. The van der Waals surface area contributed by atoms with Crippen LogP contribution in [-0.4, -0.2) is 43.7 Å². The largest absolute Gasteiger partial charge is 0.371 e. The van der Waals surface area contributed by atoms with Gasteiger partial charge < -0.3 is 19.9 Å². The number of carbonyl (C=O) groups excluding carboxylic acids is 1. The van der Waals surface area contributed by atoms with Crippen LogP contribution in [0.15, 0.2) is 48.5 Å². The molecular formula is C22H26ClN3O2. The van der Waals surface area contributed by atoms with Crippen LogP contribution in [0, 0.1) is 0 Å². The zero-order chi connectivity index (χ0) is 19.3. The lowest BCUT2D eigenvalue weighted by molar-refractivity contribution is -0.0154. The number of hydrogen-bond donors (Lipinski definition) is 1. The Balaban J connectivity index is 1.37. The number of carbonyl (C=O) groups is 1. The van der Waals surface area contributed by atoms with Gasteiger partial charge in [0.1, 0.15) is 6.10 Å². The molecule has 0 unspecified atom stereocenters. The molecule has 4 rings (SSSR count). The normalized spacial score (nSPS) is 19.7. The summed E-state index contributed by atoms with van der Waals surface area (Å²) in [5, 5.41) is 3.80. The van der Waals surface area contributed by atoms with Crippen molar-refractivity contribution in [3.8, 4) is 0 Å². The first kappa shape index (κ1) is 19.1. The summed E-state index contributed by atoms with van der Waals surface area (Å²) in [5.41, 5.74) is 3.45. The highest BCUT2D eigenvalue weighted by Crippen LogP contribution is 2.25. The fourth-order valence-electron chi connectivity index (χ4n) is 3.92. The van der Waals surface area contributed by atoms with E-state index in [4.69, 9.17) is 16.3 Å². The number of halogens is 1. The minimum Gasteiger partial charge on any atom is -0.371 e. The van der Waals surface area contributed by atoms with E-state index in [0.29, 0.717) is 31.3 Å². The van der Waals surface area contributed by atoms with Crippen LogP contribution in [0.5, 0.6) is 0 Å². The first-order valence-electron chi connectivity index (χ1n) is 9.93. The van der Waals surface area contributed by atoms with E-state index < -0.39 is 0 Å². The Bertz CT molecular complexity index is 806. The molecule has 2 aliphatic rings. The summed E-state index contributed by atoms with van der Waals surface area (Å²) in [4.78, 5) is 17.0. The van der Waals surface area contributed by atoms with Gasteiger partial charge in [-0.15, -0.1) is 0 Å². The molecule has 2 aromatic rings. The van der Waals surface area contributed by atoms with E-state index in [1.165, 1.54) is 24.1 Å². The van der Waals surface area contributed by atoms with Crippen molar-refractivity contribution in [2.75, 3.05) is 37.7 Å². The number of urea groups is 1. The van der Waals surface area contributed by atoms with Gasteiger partial charge in [0, 0.05) is 36.9 Å². The van der Waals surface area contributed by atoms with Gasteiger partial charge in [0.2, 0.25) is 0 Å². The summed E-state index contributed by atoms with van der Waals surface area (Å²) >= 11 is 5.97. The smallest absolute Gasteiger partial charge is 0.317 e. The molecule has 2 saturated heterocycles. The lowest BCUT2D eigenvalue weighted by atomic mass is 10.1. The van der Waals surface area contributed by atoms with E-state index in [1.54, 1.807) is 0 Å². The number of hydrogen-bond acceptors (Lipinski definition) is 3. The molecule has 0 saturated carbocycles. The van der Waals surface area contributed by atoms with E-state index in [2.05, 4.69) is 28.4 Å². The molecule has 2 heterocycles. The number of anilines is 1. The predicted octanol–water partition coefficient (Wildman–Crippen LogP) is 4.22. The SMILES string of the molecule is O=C(NCc1ccccc1N1CCCC1)N1CCO[C@H](c2ccc(Cl)cc2)C1. The topological polar surface area (TPSA) is 44.8 Å². The average Bonchev–Trinajstić information content (AvgIpc) is 3.27. The minimum absolute atomic E-state index is 0.0431. The average molecular weight is 400 g/mol. The van der Waals surface area contributed by atoms with Crippen LogP contribution in [0.25, 0.3) is 0 Å². The van der Waals surface area contributed by atoms with Crippen LogP contribution in [0.3, 0.4) is 0 Å². The first-order chi connectivity index (χ1) is 13.7. The third-order valence-corrected chi connectivity index (χ3v) is 5.72. The van der Waals surface area contributed by atoms with Gasteiger partial charge in [0.15, 0.2) is 0 Å². The van der Waals surface area contributed by atoms with Crippen molar-refractivity contribution < 1.29 is 9.53 Å². The second-order valence-electron chi connectivity index (χ2n) is 7.34. The van der Waals surface area contributed by atoms with Gasteiger partial charge in [-0.05, 0) is 42.2 Å². The fourth-order valence-corrected chi connectivity index (χ4v) is 4.05. The van der Waals surface area contributed by atoms with E-state index in [1.807, 2.05) is 35.2 Å². The standard InChI is InChI=1S/C22H26ClN3O2/c23-19-9-7-17(8-10-19)21-16-26(13-14-28-21)22(27)24-15-18-5-1-2-6-20(18)25-11-3-4-12-25/h1-2,5-10,21H,3-4,11-16H2,(H,24,27)/t21-/m0/s1. The Morgan fingerprint density at radius 2 is 1.82 bits per heavy atom. The van der Waals surface area contributed by atoms with Gasteiger partial charge in [-0.25, -0.2) is 4.79 Å². The summed E-state index contributed by atoms with van der Waals surface area (Å²) in [6.45, 7) is 4.40. The Hall–Kier alpha value is -2.24. The molecule has 0 spiro atoms. The number of ether oxygens (including phenoxy) is 1. The third kappa shape index (κ3) is 4.42. The van der Waals surface area contributed by atoms with Gasteiger partial charge >= 0.3 is 6.03 Å². The number of nitrogens with zero attached hydrogens (tertiary/aromatic N) is 2. The van der Waals surface area contributed by atoms with Crippen molar-refractivity contribution in [1.82, 2.24) is 10.2 Å².